The molecule has 1 fully saturated rings. The third-order valence-corrected chi connectivity index (χ3v) is 4.72. The minimum Gasteiger partial charge on any atom is -0.445 e. The highest BCUT2D eigenvalue weighted by atomic mass is 16.5. The number of nitrogens with zero attached hydrogens (tertiary/aromatic N) is 3. The Morgan fingerprint density at radius 3 is 2.33 bits per heavy atom. The summed E-state index contributed by atoms with van der Waals surface area (Å²) in [4.78, 5) is 38.2. The minimum absolute atomic E-state index is 0.170. The summed E-state index contributed by atoms with van der Waals surface area (Å²) >= 11 is 0. The van der Waals surface area contributed by atoms with E-state index >= 15 is 0 Å². The van der Waals surface area contributed by atoms with Crippen LogP contribution in [0.4, 0.5) is 4.79 Å². The van der Waals surface area contributed by atoms with Crippen LogP contribution in [0.5, 0.6) is 0 Å². The van der Waals surface area contributed by atoms with Gasteiger partial charge in [-0.05, 0) is 23.8 Å². The number of alkyl carbamates (subject to hydrolysis) is 1. The molecule has 1 saturated heterocycles. The molecule has 1 aliphatic heterocycles. The van der Waals surface area contributed by atoms with E-state index < -0.39 is 6.09 Å². The largest absolute Gasteiger partial charge is 0.445 e. The number of likely N-dealkylation sites (tertiary alicyclic amines) is 1. The van der Waals surface area contributed by atoms with E-state index in [1.165, 1.54) is 16.8 Å². The van der Waals surface area contributed by atoms with E-state index in [1.807, 2.05) is 36.4 Å². The fraction of sp³-hybridized carbons (Fsp3) is 0.182. The number of ether oxygens (including phenoxy) is 1. The highest BCUT2D eigenvalue weighted by Crippen LogP contribution is 2.13. The number of hydrogen-bond donors (Lipinski definition) is 1. The maximum absolute atomic E-state index is 12.7. The van der Waals surface area contributed by atoms with Gasteiger partial charge in [-0.25, -0.2) is 4.79 Å². The van der Waals surface area contributed by atoms with Gasteiger partial charge in [-0.3, -0.25) is 9.59 Å². The fourth-order valence-electron chi connectivity index (χ4n) is 3.11. The van der Waals surface area contributed by atoms with Gasteiger partial charge in [-0.1, -0.05) is 48.5 Å². The molecule has 0 aliphatic carbocycles. The van der Waals surface area contributed by atoms with E-state index in [9.17, 15) is 14.4 Å². The topological polar surface area (TPSA) is 93.5 Å². The van der Waals surface area contributed by atoms with Crippen molar-refractivity contribution in [3.05, 3.63) is 94.4 Å². The van der Waals surface area contributed by atoms with E-state index in [0.29, 0.717) is 18.8 Å². The van der Waals surface area contributed by atoms with Gasteiger partial charge in [0, 0.05) is 19.2 Å². The van der Waals surface area contributed by atoms with Gasteiger partial charge in [0.2, 0.25) is 0 Å². The minimum atomic E-state index is -0.522. The highest BCUT2D eigenvalue weighted by molar-refractivity contribution is 5.92. The van der Waals surface area contributed by atoms with Crippen LogP contribution in [-0.4, -0.2) is 45.8 Å². The third-order valence-electron chi connectivity index (χ3n) is 4.72. The van der Waals surface area contributed by atoms with Crippen LogP contribution in [0, 0.1) is 0 Å². The van der Waals surface area contributed by atoms with Crippen LogP contribution in [0.2, 0.25) is 0 Å². The van der Waals surface area contributed by atoms with E-state index in [0.717, 1.165) is 5.56 Å². The van der Waals surface area contributed by atoms with Gasteiger partial charge in [-0.2, -0.15) is 9.78 Å². The maximum atomic E-state index is 12.7. The molecule has 1 aliphatic rings. The zero-order valence-corrected chi connectivity index (χ0v) is 16.1. The van der Waals surface area contributed by atoms with E-state index in [1.54, 1.807) is 29.2 Å². The van der Waals surface area contributed by atoms with Crippen molar-refractivity contribution in [2.75, 3.05) is 13.1 Å². The SMILES string of the molecule is O=C(NC1CN(C(=O)c2ccc(=O)n(-c3ccccc3)n2)C1)OCc1ccccc1. The first-order valence-electron chi connectivity index (χ1n) is 9.52. The molecule has 4 rings (SSSR count). The Morgan fingerprint density at radius 2 is 1.63 bits per heavy atom. The zero-order chi connectivity index (χ0) is 20.9. The first-order valence-corrected chi connectivity index (χ1v) is 9.52. The highest BCUT2D eigenvalue weighted by Gasteiger charge is 2.33. The Balaban J connectivity index is 1.31. The summed E-state index contributed by atoms with van der Waals surface area (Å²) in [5, 5.41) is 6.93. The molecule has 2 amide bonds. The molecule has 0 unspecified atom stereocenters. The zero-order valence-electron chi connectivity index (χ0n) is 16.1. The van der Waals surface area contributed by atoms with Crippen LogP contribution in [0.25, 0.3) is 5.69 Å². The summed E-state index contributed by atoms with van der Waals surface area (Å²) in [5.74, 6) is -0.296. The first-order chi connectivity index (χ1) is 14.6. The molecule has 8 nitrogen and oxygen atoms in total. The van der Waals surface area contributed by atoms with Crippen LogP contribution in [0.1, 0.15) is 16.1 Å². The molecule has 0 bridgehead atoms. The molecule has 0 atom stereocenters. The number of nitrogens with one attached hydrogen (secondary N) is 1. The Labute approximate surface area is 172 Å². The summed E-state index contributed by atoms with van der Waals surface area (Å²) in [6, 6.07) is 20.9. The molecule has 152 valence electrons. The normalized spacial score (nSPS) is 13.4. The predicted octanol–water partition coefficient (Wildman–Crippen LogP) is 1.98. The number of para-hydroxylation sites is 1. The van der Waals surface area contributed by atoms with Gasteiger partial charge in [0.15, 0.2) is 0 Å². The summed E-state index contributed by atoms with van der Waals surface area (Å²) < 4.78 is 6.39. The molecule has 2 aromatic carbocycles. The van der Waals surface area contributed by atoms with Gasteiger partial charge >= 0.3 is 6.09 Å². The number of benzene rings is 2. The van der Waals surface area contributed by atoms with Gasteiger partial charge in [0.05, 0.1) is 11.7 Å². The average molecular weight is 404 g/mol. The lowest BCUT2D eigenvalue weighted by Gasteiger charge is -2.38. The van der Waals surface area contributed by atoms with Crippen LogP contribution in [0.3, 0.4) is 0 Å². The lowest BCUT2D eigenvalue weighted by Crippen LogP contribution is -2.61. The maximum Gasteiger partial charge on any atom is 0.407 e. The predicted molar refractivity (Wildman–Crippen MR) is 109 cm³/mol. The van der Waals surface area contributed by atoms with Crippen molar-refractivity contribution in [1.82, 2.24) is 20.0 Å². The van der Waals surface area contributed by atoms with Gasteiger partial charge in [-0.15, -0.1) is 0 Å². The Morgan fingerprint density at radius 1 is 0.967 bits per heavy atom. The molecular formula is C22H20N4O4. The first kappa shape index (κ1) is 19.4. The second kappa shape index (κ2) is 8.60. The molecule has 3 aromatic rings. The van der Waals surface area contributed by atoms with Crippen LogP contribution < -0.4 is 10.9 Å². The summed E-state index contributed by atoms with van der Waals surface area (Å²) in [6.45, 7) is 0.893. The van der Waals surface area contributed by atoms with E-state index in [2.05, 4.69) is 10.4 Å². The smallest absolute Gasteiger partial charge is 0.407 e. The molecule has 1 aromatic heterocycles. The Kier molecular flexibility index (Phi) is 5.56. The molecule has 2 heterocycles. The van der Waals surface area contributed by atoms with Crippen LogP contribution in [-0.2, 0) is 11.3 Å². The van der Waals surface area contributed by atoms with Crippen molar-refractivity contribution in [2.45, 2.75) is 12.6 Å². The second-order valence-electron chi connectivity index (χ2n) is 6.92. The Bertz CT molecular complexity index is 1090. The monoisotopic (exact) mass is 404 g/mol. The number of aromatic nitrogens is 2. The van der Waals surface area contributed by atoms with Crippen molar-refractivity contribution in [2.24, 2.45) is 0 Å². The Hall–Kier alpha value is -3.94. The number of hydrogen-bond acceptors (Lipinski definition) is 5. The van der Waals surface area contributed by atoms with Gasteiger partial charge < -0.3 is 15.0 Å². The molecule has 0 saturated carbocycles. The summed E-state index contributed by atoms with van der Waals surface area (Å²) in [6.07, 6.45) is -0.522. The van der Waals surface area contributed by atoms with Gasteiger partial charge in [0.1, 0.15) is 12.3 Å². The molecule has 8 heteroatoms. The van der Waals surface area contributed by atoms with Crippen LogP contribution >= 0.6 is 0 Å². The molecular weight excluding hydrogens is 384 g/mol. The van der Waals surface area contributed by atoms with Crippen molar-refractivity contribution >= 4 is 12.0 Å². The number of amides is 2. The lowest BCUT2D eigenvalue weighted by atomic mass is 10.1. The van der Waals surface area contributed by atoms with Crippen molar-refractivity contribution in [3.63, 3.8) is 0 Å². The summed E-state index contributed by atoms with van der Waals surface area (Å²) in [7, 11) is 0. The second-order valence-corrected chi connectivity index (χ2v) is 6.92. The number of rotatable bonds is 5. The summed E-state index contributed by atoms with van der Waals surface area (Å²) in [5.41, 5.74) is 1.34. The number of carbonyl (C=O) groups is 2. The number of carbonyl (C=O) groups excluding carboxylic acids is 2. The van der Waals surface area contributed by atoms with Crippen molar-refractivity contribution < 1.29 is 14.3 Å². The van der Waals surface area contributed by atoms with Crippen molar-refractivity contribution in [1.29, 1.82) is 0 Å². The fourth-order valence-corrected chi connectivity index (χ4v) is 3.11. The molecule has 0 spiro atoms. The third kappa shape index (κ3) is 4.38. The molecule has 0 radical (unpaired) electrons. The van der Waals surface area contributed by atoms with E-state index in [-0.39, 0.29) is 29.8 Å². The van der Waals surface area contributed by atoms with E-state index in [4.69, 9.17) is 4.74 Å². The lowest BCUT2D eigenvalue weighted by molar-refractivity contribution is 0.0538. The van der Waals surface area contributed by atoms with Gasteiger partial charge in [0.25, 0.3) is 11.5 Å². The van der Waals surface area contributed by atoms with Crippen molar-refractivity contribution in [3.8, 4) is 5.69 Å². The standard InChI is InChI=1S/C22H20N4O4/c27-20-12-11-19(24-26(20)18-9-5-2-6-10-18)21(28)25-13-17(14-25)23-22(29)30-15-16-7-3-1-4-8-16/h1-12,17H,13-15H2,(H,23,29). The molecule has 30 heavy (non-hydrogen) atoms. The quantitative estimate of drug-likeness (QED) is 0.702. The average Bonchev–Trinajstić information content (AvgIpc) is 2.76. The van der Waals surface area contributed by atoms with Crippen LogP contribution in [0.15, 0.2) is 77.6 Å². The molecule has 1 N–H and O–H groups in total.